The van der Waals surface area contributed by atoms with Gasteiger partial charge in [0, 0.05) is 36.8 Å². The van der Waals surface area contributed by atoms with E-state index in [-0.39, 0.29) is 11.3 Å². The summed E-state index contributed by atoms with van der Waals surface area (Å²) in [7, 11) is 1.53. The number of morpholine rings is 1. The lowest BCUT2D eigenvalue weighted by atomic mass is 9.95. The Morgan fingerprint density at radius 1 is 1.09 bits per heavy atom. The summed E-state index contributed by atoms with van der Waals surface area (Å²) >= 11 is 6.00. The van der Waals surface area contributed by atoms with Crippen LogP contribution in [0.3, 0.4) is 0 Å². The molecule has 35 heavy (non-hydrogen) atoms. The molecule has 1 amide bonds. The van der Waals surface area contributed by atoms with Crippen molar-refractivity contribution < 1.29 is 28.9 Å². The molecule has 0 bridgehead atoms. The van der Waals surface area contributed by atoms with Gasteiger partial charge in [-0.3, -0.25) is 14.5 Å². The number of halogens is 1. The maximum absolute atomic E-state index is 13.2. The van der Waals surface area contributed by atoms with Gasteiger partial charge in [-0.2, -0.15) is 0 Å². The summed E-state index contributed by atoms with van der Waals surface area (Å²) in [6.45, 7) is 6.03. The van der Waals surface area contributed by atoms with E-state index in [1.165, 1.54) is 12.0 Å². The molecule has 2 fully saturated rings. The van der Waals surface area contributed by atoms with Crippen LogP contribution in [0.1, 0.15) is 24.1 Å². The second-order valence-corrected chi connectivity index (χ2v) is 8.73. The molecule has 2 aromatic carbocycles. The van der Waals surface area contributed by atoms with E-state index in [1.807, 2.05) is 6.92 Å². The van der Waals surface area contributed by atoms with E-state index in [4.69, 9.17) is 25.8 Å². The van der Waals surface area contributed by atoms with Gasteiger partial charge >= 0.3 is 0 Å². The molecule has 2 saturated heterocycles. The third-order valence-electron chi connectivity index (χ3n) is 6.22. The van der Waals surface area contributed by atoms with E-state index in [9.17, 15) is 14.7 Å². The Balaban J connectivity index is 1.77. The molecule has 1 atom stereocenters. The highest BCUT2D eigenvalue weighted by molar-refractivity contribution is 6.46. The van der Waals surface area contributed by atoms with Crippen LogP contribution >= 0.6 is 11.6 Å². The van der Waals surface area contributed by atoms with Crippen molar-refractivity contribution in [2.45, 2.75) is 13.0 Å². The summed E-state index contributed by atoms with van der Waals surface area (Å²) < 4.78 is 16.5. The lowest BCUT2D eigenvalue weighted by Gasteiger charge is -2.31. The van der Waals surface area contributed by atoms with E-state index in [0.717, 1.165) is 13.1 Å². The highest BCUT2D eigenvalue weighted by Crippen LogP contribution is 2.42. The first kappa shape index (κ1) is 25.0. The van der Waals surface area contributed by atoms with Crippen LogP contribution in [0.2, 0.25) is 5.02 Å². The Bertz CT molecular complexity index is 1110. The van der Waals surface area contributed by atoms with Gasteiger partial charge < -0.3 is 24.2 Å². The molecular weight excluding hydrogens is 472 g/mol. The standard InChI is InChI=1S/C26H29ClN2O6/c1-3-35-20-9-6-18(16-21(20)33-2)23-22(24(30)17-4-7-19(27)8-5-17)25(31)26(32)29(23)11-10-28-12-14-34-15-13-28/h4-9,16,23,30H,3,10-15H2,1-2H3/t23-/m0/s1. The van der Waals surface area contributed by atoms with Crippen molar-refractivity contribution in [2.75, 3.05) is 53.1 Å². The Morgan fingerprint density at radius 3 is 2.46 bits per heavy atom. The topological polar surface area (TPSA) is 88.5 Å². The number of hydrogen-bond donors (Lipinski definition) is 1. The predicted octanol–water partition coefficient (Wildman–Crippen LogP) is 3.50. The van der Waals surface area contributed by atoms with Crippen LogP contribution in [-0.2, 0) is 14.3 Å². The van der Waals surface area contributed by atoms with Crippen LogP contribution in [0, 0.1) is 0 Å². The molecule has 1 N–H and O–H groups in total. The van der Waals surface area contributed by atoms with Crippen molar-refractivity contribution in [1.82, 2.24) is 9.80 Å². The number of carbonyl (C=O) groups is 2. The average Bonchev–Trinajstić information content (AvgIpc) is 3.13. The van der Waals surface area contributed by atoms with E-state index < -0.39 is 17.7 Å². The van der Waals surface area contributed by atoms with E-state index in [1.54, 1.807) is 42.5 Å². The van der Waals surface area contributed by atoms with Crippen LogP contribution in [-0.4, -0.2) is 79.7 Å². The molecule has 2 aromatic rings. The van der Waals surface area contributed by atoms with Gasteiger partial charge in [-0.05, 0) is 48.9 Å². The predicted molar refractivity (Wildman–Crippen MR) is 132 cm³/mol. The van der Waals surface area contributed by atoms with Gasteiger partial charge in [0.2, 0.25) is 0 Å². The second-order valence-electron chi connectivity index (χ2n) is 8.30. The SMILES string of the molecule is CCOc1ccc([C@H]2C(=C(O)c3ccc(Cl)cc3)C(=O)C(=O)N2CCN2CCOCC2)cc1OC. The molecule has 2 heterocycles. The second kappa shape index (κ2) is 11.1. The molecule has 0 aromatic heterocycles. The van der Waals surface area contributed by atoms with Gasteiger partial charge in [-0.25, -0.2) is 0 Å². The number of likely N-dealkylation sites (tertiary alicyclic amines) is 1. The molecule has 2 aliphatic heterocycles. The molecule has 8 nitrogen and oxygen atoms in total. The Hall–Kier alpha value is -3.07. The largest absolute Gasteiger partial charge is 0.507 e. The molecule has 186 valence electrons. The summed E-state index contributed by atoms with van der Waals surface area (Å²) in [6, 6.07) is 11.0. The minimum atomic E-state index is -0.781. The molecule has 9 heteroatoms. The number of ether oxygens (including phenoxy) is 3. The number of amides is 1. The van der Waals surface area contributed by atoms with Gasteiger partial charge in [-0.1, -0.05) is 17.7 Å². The molecule has 2 aliphatic rings. The zero-order valence-corrected chi connectivity index (χ0v) is 20.6. The quantitative estimate of drug-likeness (QED) is 0.337. The fraction of sp³-hybridized carbons (Fsp3) is 0.385. The highest BCUT2D eigenvalue weighted by atomic mass is 35.5. The van der Waals surface area contributed by atoms with Crippen LogP contribution in [0.5, 0.6) is 11.5 Å². The Morgan fingerprint density at radius 2 is 1.80 bits per heavy atom. The smallest absolute Gasteiger partial charge is 0.295 e. The maximum Gasteiger partial charge on any atom is 0.295 e. The van der Waals surface area contributed by atoms with Crippen molar-refractivity contribution in [3.63, 3.8) is 0 Å². The van der Waals surface area contributed by atoms with Gasteiger partial charge in [0.15, 0.2) is 11.5 Å². The fourth-order valence-electron chi connectivity index (χ4n) is 4.42. The first-order valence-electron chi connectivity index (χ1n) is 11.6. The lowest BCUT2D eigenvalue weighted by Crippen LogP contribution is -2.42. The minimum Gasteiger partial charge on any atom is -0.507 e. The summed E-state index contributed by atoms with van der Waals surface area (Å²) in [5.41, 5.74) is 1.08. The maximum atomic E-state index is 13.2. The average molecular weight is 501 g/mol. The number of aliphatic hydroxyl groups is 1. The lowest BCUT2D eigenvalue weighted by molar-refractivity contribution is -0.140. The van der Waals surface area contributed by atoms with E-state index in [0.29, 0.717) is 60.6 Å². The fourth-order valence-corrected chi connectivity index (χ4v) is 4.55. The molecule has 0 unspecified atom stereocenters. The van der Waals surface area contributed by atoms with Crippen molar-refractivity contribution in [1.29, 1.82) is 0 Å². The number of methoxy groups -OCH3 is 1. The first-order valence-corrected chi connectivity index (χ1v) is 12.0. The number of Topliss-reactive ketones (excluding diaryl/α,β-unsaturated/α-hetero) is 1. The van der Waals surface area contributed by atoms with E-state index in [2.05, 4.69) is 4.90 Å². The third-order valence-corrected chi connectivity index (χ3v) is 6.47. The number of nitrogens with zero attached hydrogens (tertiary/aromatic N) is 2. The molecule has 0 radical (unpaired) electrons. The summed E-state index contributed by atoms with van der Waals surface area (Å²) in [4.78, 5) is 30.1. The van der Waals surface area contributed by atoms with Crippen LogP contribution in [0.15, 0.2) is 48.0 Å². The molecule has 0 aliphatic carbocycles. The summed E-state index contributed by atoms with van der Waals surface area (Å²) in [5, 5.41) is 11.7. The monoisotopic (exact) mass is 500 g/mol. The van der Waals surface area contributed by atoms with Crippen LogP contribution in [0.4, 0.5) is 0 Å². The van der Waals surface area contributed by atoms with Gasteiger partial charge in [0.25, 0.3) is 11.7 Å². The Labute approximate surface area is 209 Å². The number of ketones is 1. The van der Waals surface area contributed by atoms with Gasteiger partial charge in [0.1, 0.15) is 5.76 Å². The molecule has 0 spiro atoms. The number of aliphatic hydroxyl groups excluding tert-OH is 1. The minimum absolute atomic E-state index is 0.0329. The van der Waals surface area contributed by atoms with Crippen molar-refractivity contribution in [3.8, 4) is 11.5 Å². The number of hydrogen-bond acceptors (Lipinski definition) is 7. The zero-order chi connectivity index (χ0) is 24.9. The van der Waals surface area contributed by atoms with Crippen molar-refractivity contribution in [2.24, 2.45) is 0 Å². The summed E-state index contributed by atoms with van der Waals surface area (Å²) in [5.74, 6) is -0.577. The normalized spacial score (nSPS) is 20.3. The van der Waals surface area contributed by atoms with Crippen LogP contribution in [0.25, 0.3) is 5.76 Å². The summed E-state index contributed by atoms with van der Waals surface area (Å²) in [6.07, 6.45) is 0. The van der Waals surface area contributed by atoms with Gasteiger partial charge in [0.05, 0.1) is 38.5 Å². The molecular formula is C26H29ClN2O6. The molecule has 0 saturated carbocycles. The van der Waals surface area contributed by atoms with Gasteiger partial charge in [-0.15, -0.1) is 0 Å². The highest BCUT2D eigenvalue weighted by Gasteiger charge is 2.46. The first-order chi connectivity index (χ1) is 16.9. The van der Waals surface area contributed by atoms with Crippen molar-refractivity contribution in [3.05, 3.63) is 64.2 Å². The van der Waals surface area contributed by atoms with Crippen LogP contribution < -0.4 is 9.47 Å². The third kappa shape index (κ3) is 5.29. The van der Waals surface area contributed by atoms with E-state index >= 15 is 0 Å². The molecule has 4 rings (SSSR count). The zero-order valence-electron chi connectivity index (χ0n) is 19.8. The number of carbonyl (C=O) groups excluding carboxylic acids is 2. The Kier molecular flexibility index (Phi) is 7.95. The number of benzene rings is 2. The number of rotatable bonds is 8. The van der Waals surface area contributed by atoms with Crippen molar-refractivity contribution >= 4 is 29.1 Å².